The zero-order valence-corrected chi connectivity index (χ0v) is 22.7. The van der Waals surface area contributed by atoms with E-state index in [2.05, 4.69) is 11.4 Å². The van der Waals surface area contributed by atoms with E-state index in [1.807, 2.05) is 42.5 Å². The summed E-state index contributed by atoms with van der Waals surface area (Å²) in [4.78, 5) is 28.7. The first-order chi connectivity index (χ1) is 17.7. The Hall–Kier alpha value is -3.17. The van der Waals surface area contributed by atoms with Crippen LogP contribution in [0.25, 0.3) is 0 Å². The van der Waals surface area contributed by atoms with E-state index in [4.69, 9.17) is 4.74 Å². The van der Waals surface area contributed by atoms with Crippen molar-refractivity contribution in [1.29, 1.82) is 0 Å². The van der Waals surface area contributed by atoms with E-state index in [0.717, 1.165) is 35.4 Å². The van der Waals surface area contributed by atoms with Gasteiger partial charge in [0.1, 0.15) is 11.8 Å². The molecule has 8 nitrogen and oxygen atoms in total. The minimum atomic E-state index is -3.59. The van der Waals surface area contributed by atoms with Crippen molar-refractivity contribution >= 4 is 21.8 Å². The summed E-state index contributed by atoms with van der Waals surface area (Å²) in [5, 5.41) is 3.03. The first kappa shape index (κ1) is 28.4. The zero-order chi connectivity index (χ0) is 26.8. The summed E-state index contributed by atoms with van der Waals surface area (Å²) in [7, 11) is -0.658. The van der Waals surface area contributed by atoms with Crippen molar-refractivity contribution in [3.8, 4) is 5.75 Å². The largest absolute Gasteiger partial charge is 0.497 e. The number of ether oxygens (including phenoxy) is 1. The van der Waals surface area contributed by atoms with E-state index in [0.29, 0.717) is 17.9 Å². The molecule has 0 saturated carbocycles. The smallest absolute Gasteiger partial charge is 0.247 e. The van der Waals surface area contributed by atoms with Crippen LogP contribution in [0.2, 0.25) is 0 Å². The standard InChI is InChI=1S/C28H37N3O5S/c1-30(37(3,34)35)21-26(32)31(20-23-14-16-25(36-2)17-15-23)27(24-12-8-5-9-13-24)28(33)29-19-18-22-10-6-4-7-11-22/h5,8-10,12-17,27H,4,6-7,11,18-21H2,1-3H3,(H,29,33)/t27-/m0/s1. The van der Waals surface area contributed by atoms with Gasteiger partial charge in [0, 0.05) is 20.1 Å². The van der Waals surface area contributed by atoms with E-state index < -0.39 is 22.0 Å². The molecular formula is C28H37N3O5S. The molecule has 0 radical (unpaired) electrons. The monoisotopic (exact) mass is 527 g/mol. The molecule has 37 heavy (non-hydrogen) atoms. The van der Waals surface area contributed by atoms with Crippen LogP contribution in [0.5, 0.6) is 5.75 Å². The molecule has 0 aliphatic heterocycles. The molecule has 0 unspecified atom stereocenters. The van der Waals surface area contributed by atoms with Crippen LogP contribution in [-0.2, 0) is 26.2 Å². The van der Waals surface area contributed by atoms with Gasteiger partial charge in [-0.25, -0.2) is 8.42 Å². The molecule has 9 heteroatoms. The molecule has 0 fully saturated rings. The van der Waals surface area contributed by atoms with Crippen LogP contribution in [0, 0.1) is 0 Å². The molecule has 0 saturated heterocycles. The lowest BCUT2D eigenvalue weighted by Gasteiger charge is -2.32. The topological polar surface area (TPSA) is 96.0 Å². The Kier molecular flexibility index (Phi) is 10.3. The molecule has 0 heterocycles. The lowest BCUT2D eigenvalue weighted by atomic mass is 9.97. The molecule has 1 N–H and O–H groups in total. The van der Waals surface area contributed by atoms with E-state index in [-0.39, 0.29) is 19.0 Å². The third-order valence-corrected chi connectivity index (χ3v) is 7.82. The maximum atomic E-state index is 13.6. The number of carbonyl (C=O) groups excluding carboxylic acids is 2. The van der Waals surface area contributed by atoms with Crippen LogP contribution in [-0.4, -0.2) is 62.9 Å². The number of carbonyl (C=O) groups is 2. The predicted octanol–water partition coefficient (Wildman–Crippen LogP) is 3.66. The van der Waals surface area contributed by atoms with Crippen molar-refractivity contribution in [2.45, 2.75) is 44.7 Å². The van der Waals surface area contributed by atoms with Gasteiger partial charge in [0.25, 0.3) is 0 Å². The highest BCUT2D eigenvalue weighted by Crippen LogP contribution is 2.26. The third kappa shape index (κ3) is 8.43. The van der Waals surface area contributed by atoms with Gasteiger partial charge in [-0.2, -0.15) is 4.31 Å². The number of hydrogen-bond donors (Lipinski definition) is 1. The molecule has 2 aromatic carbocycles. The Morgan fingerprint density at radius 1 is 1.05 bits per heavy atom. The fourth-order valence-electron chi connectivity index (χ4n) is 4.33. The van der Waals surface area contributed by atoms with E-state index in [9.17, 15) is 18.0 Å². The van der Waals surface area contributed by atoms with E-state index in [1.165, 1.54) is 30.4 Å². The van der Waals surface area contributed by atoms with E-state index >= 15 is 0 Å². The van der Waals surface area contributed by atoms with Crippen molar-refractivity contribution < 1.29 is 22.7 Å². The predicted molar refractivity (Wildman–Crippen MR) is 144 cm³/mol. The Morgan fingerprint density at radius 2 is 1.76 bits per heavy atom. The Balaban J connectivity index is 1.90. The highest BCUT2D eigenvalue weighted by atomic mass is 32.2. The average molecular weight is 528 g/mol. The number of hydrogen-bond acceptors (Lipinski definition) is 5. The van der Waals surface area contributed by atoms with Crippen LogP contribution in [0.3, 0.4) is 0 Å². The number of methoxy groups -OCH3 is 1. The molecule has 3 rings (SSSR count). The first-order valence-electron chi connectivity index (χ1n) is 12.5. The summed E-state index contributed by atoms with van der Waals surface area (Å²) in [6, 6.07) is 15.4. The van der Waals surface area contributed by atoms with Crippen LogP contribution >= 0.6 is 0 Å². The van der Waals surface area contributed by atoms with Gasteiger partial charge in [-0.3, -0.25) is 9.59 Å². The second kappa shape index (κ2) is 13.4. The number of likely N-dealkylation sites (N-methyl/N-ethyl adjacent to an activating group) is 1. The number of rotatable bonds is 12. The van der Waals surface area contributed by atoms with Crippen LogP contribution in [0.1, 0.15) is 49.3 Å². The number of nitrogens with one attached hydrogen (secondary N) is 1. The fraction of sp³-hybridized carbons (Fsp3) is 0.429. The van der Waals surface area contributed by atoms with Gasteiger partial charge in [-0.15, -0.1) is 0 Å². The molecular weight excluding hydrogens is 490 g/mol. The first-order valence-corrected chi connectivity index (χ1v) is 14.4. The number of benzene rings is 2. The summed E-state index contributed by atoms with van der Waals surface area (Å²) in [6.07, 6.45) is 8.59. The van der Waals surface area contributed by atoms with Crippen LogP contribution in [0.4, 0.5) is 0 Å². The number of nitrogens with zero attached hydrogens (tertiary/aromatic N) is 2. The summed E-state index contributed by atoms with van der Waals surface area (Å²) < 4.78 is 30.3. The van der Waals surface area contributed by atoms with Gasteiger partial charge >= 0.3 is 0 Å². The summed E-state index contributed by atoms with van der Waals surface area (Å²) >= 11 is 0. The van der Waals surface area contributed by atoms with Crippen molar-refractivity contribution in [2.75, 3.05) is 33.5 Å². The molecule has 0 bridgehead atoms. The number of allylic oxidation sites excluding steroid dienone is 1. The minimum absolute atomic E-state index is 0.124. The average Bonchev–Trinajstić information content (AvgIpc) is 2.89. The highest BCUT2D eigenvalue weighted by molar-refractivity contribution is 7.88. The summed E-state index contributed by atoms with van der Waals surface area (Å²) in [6.45, 7) is 0.221. The molecule has 1 aliphatic rings. The molecule has 1 aliphatic carbocycles. The SMILES string of the molecule is COc1ccc(CN(C(=O)CN(C)S(C)(=O)=O)[C@H](C(=O)NCCC2=CCCCC2)c2ccccc2)cc1. The van der Waals surface area contributed by atoms with Gasteiger partial charge in [0.2, 0.25) is 21.8 Å². The molecule has 0 aromatic heterocycles. The molecule has 2 amide bonds. The van der Waals surface area contributed by atoms with Crippen LogP contribution in [0.15, 0.2) is 66.2 Å². The molecule has 2 aromatic rings. The Morgan fingerprint density at radius 3 is 2.35 bits per heavy atom. The maximum absolute atomic E-state index is 13.6. The zero-order valence-electron chi connectivity index (χ0n) is 21.9. The molecule has 200 valence electrons. The van der Waals surface area contributed by atoms with Gasteiger partial charge < -0.3 is 15.0 Å². The van der Waals surface area contributed by atoms with Gasteiger partial charge in [0.15, 0.2) is 0 Å². The Labute approximate surface area is 220 Å². The lowest BCUT2D eigenvalue weighted by Crippen LogP contribution is -2.47. The maximum Gasteiger partial charge on any atom is 0.247 e. The molecule has 1 atom stereocenters. The van der Waals surface area contributed by atoms with Crippen molar-refractivity contribution in [3.63, 3.8) is 0 Å². The highest BCUT2D eigenvalue weighted by Gasteiger charge is 2.32. The van der Waals surface area contributed by atoms with Gasteiger partial charge in [0.05, 0.1) is 19.9 Å². The number of sulfonamides is 1. The van der Waals surface area contributed by atoms with Gasteiger partial charge in [-0.1, -0.05) is 54.1 Å². The lowest BCUT2D eigenvalue weighted by molar-refractivity contribution is -0.141. The quantitative estimate of drug-likeness (QED) is 0.425. The Bertz CT molecular complexity index is 1180. The second-order valence-electron chi connectivity index (χ2n) is 9.35. The summed E-state index contributed by atoms with van der Waals surface area (Å²) in [5.41, 5.74) is 2.79. The second-order valence-corrected chi connectivity index (χ2v) is 11.4. The fourth-order valence-corrected chi connectivity index (χ4v) is 4.68. The van der Waals surface area contributed by atoms with Crippen molar-refractivity contribution in [3.05, 3.63) is 77.4 Å². The third-order valence-electron chi connectivity index (χ3n) is 6.56. The van der Waals surface area contributed by atoms with Crippen LogP contribution < -0.4 is 10.1 Å². The normalized spacial score (nSPS) is 14.5. The molecule has 0 spiro atoms. The number of amides is 2. The summed E-state index contributed by atoms with van der Waals surface area (Å²) in [5.74, 6) is -0.0954. The van der Waals surface area contributed by atoms with Crippen molar-refractivity contribution in [1.82, 2.24) is 14.5 Å². The van der Waals surface area contributed by atoms with E-state index in [1.54, 1.807) is 19.2 Å². The van der Waals surface area contributed by atoms with Gasteiger partial charge in [-0.05, 0) is 55.4 Å². The minimum Gasteiger partial charge on any atom is -0.497 e. The van der Waals surface area contributed by atoms with Crippen molar-refractivity contribution in [2.24, 2.45) is 0 Å².